The molecule has 9 nitrogen and oxygen atoms in total. The number of nitrogens with one attached hydrogen (secondary N) is 2. The van der Waals surface area contributed by atoms with E-state index in [4.69, 9.17) is 24.5 Å². The van der Waals surface area contributed by atoms with Gasteiger partial charge in [0.2, 0.25) is 0 Å². The molecule has 3 N–H and O–H groups in total. The smallest absolute Gasteiger partial charge is 0.330 e. The Morgan fingerprint density at radius 1 is 0.816 bits per heavy atom. The Morgan fingerprint density at radius 2 is 1.37 bits per heavy atom. The standard InChI is InChI=1S/C29H26N4O5/c1-3-38-27(36)17-9-20-6-12-22(13-7-20)31-29-28(32-24-15-14-23(37-2)18-25(24)33-29)30-21-10-4-19(5-11-21)8-16-26(34)35/h4-18H,3H2,1-2H3,(H,30,32)(H,31,33)(H,34,35)/b16-8+,17-9+. The van der Waals surface area contributed by atoms with Crippen molar-refractivity contribution in [3.8, 4) is 5.75 Å². The molecule has 1 heterocycles. The number of hydrogen-bond acceptors (Lipinski definition) is 8. The average molecular weight is 511 g/mol. The minimum atomic E-state index is -1.01. The number of rotatable bonds is 10. The molecule has 0 unspecified atom stereocenters. The lowest BCUT2D eigenvalue weighted by molar-refractivity contribution is -0.137. The summed E-state index contributed by atoms with van der Waals surface area (Å²) in [6.45, 7) is 2.09. The van der Waals surface area contributed by atoms with E-state index in [0.717, 1.165) is 28.6 Å². The highest BCUT2D eigenvalue weighted by molar-refractivity contribution is 5.88. The van der Waals surface area contributed by atoms with E-state index >= 15 is 0 Å². The second-order valence-corrected chi connectivity index (χ2v) is 8.03. The largest absolute Gasteiger partial charge is 0.497 e. The van der Waals surface area contributed by atoms with Gasteiger partial charge in [-0.15, -0.1) is 0 Å². The topological polar surface area (TPSA) is 123 Å². The third-order valence-corrected chi connectivity index (χ3v) is 5.34. The first-order chi connectivity index (χ1) is 18.4. The van der Waals surface area contributed by atoms with Crippen molar-refractivity contribution >= 4 is 58.1 Å². The number of anilines is 4. The van der Waals surface area contributed by atoms with Gasteiger partial charge in [0.25, 0.3) is 0 Å². The molecule has 0 atom stereocenters. The SMILES string of the molecule is CCOC(=O)/C=C/c1ccc(Nc2nc3cc(OC)ccc3nc2Nc2ccc(/C=C/C(=O)O)cc2)cc1. The molecule has 0 amide bonds. The number of ether oxygens (including phenoxy) is 2. The fourth-order valence-corrected chi connectivity index (χ4v) is 3.49. The predicted molar refractivity (Wildman–Crippen MR) is 148 cm³/mol. The van der Waals surface area contributed by atoms with Crippen molar-refractivity contribution in [2.45, 2.75) is 6.92 Å². The third-order valence-electron chi connectivity index (χ3n) is 5.34. The van der Waals surface area contributed by atoms with Crippen molar-refractivity contribution in [3.63, 3.8) is 0 Å². The van der Waals surface area contributed by atoms with E-state index in [2.05, 4.69) is 10.6 Å². The number of nitrogens with zero attached hydrogens (tertiary/aromatic N) is 2. The van der Waals surface area contributed by atoms with Crippen LogP contribution in [0.2, 0.25) is 0 Å². The normalized spacial score (nSPS) is 11.1. The zero-order chi connectivity index (χ0) is 26.9. The monoisotopic (exact) mass is 510 g/mol. The maximum Gasteiger partial charge on any atom is 0.330 e. The zero-order valence-electron chi connectivity index (χ0n) is 20.8. The minimum absolute atomic E-state index is 0.326. The third kappa shape index (κ3) is 6.94. The number of fused-ring (bicyclic) bond motifs is 1. The van der Waals surface area contributed by atoms with Crippen molar-refractivity contribution in [3.05, 3.63) is 90.0 Å². The van der Waals surface area contributed by atoms with Crippen LogP contribution in [0.15, 0.2) is 78.9 Å². The lowest BCUT2D eigenvalue weighted by Crippen LogP contribution is -2.03. The van der Waals surface area contributed by atoms with Gasteiger partial charge in [-0.05, 0) is 66.6 Å². The van der Waals surface area contributed by atoms with E-state index in [1.165, 1.54) is 12.2 Å². The molecule has 192 valence electrons. The van der Waals surface area contributed by atoms with Gasteiger partial charge in [-0.2, -0.15) is 0 Å². The summed E-state index contributed by atoms with van der Waals surface area (Å²) in [7, 11) is 1.59. The Kier molecular flexibility index (Phi) is 8.30. The molecular weight excluding hydrogens is 484 g/mol. The van der Waals surface area contributed by atoms with Crippen molar-refractivity contribution in [1.29, 1.82) is 0 Å². The number of carboxylic acid groups (broad SMARTS) is 1. The van der Waals surface area contributed by atoms with Gasteiger partial charge in [0, 0.05) is 29.6 Å². The number of benzene rings is 3. The molecule has 1 aromatic heterocycles. The fraction of sp³-hybridized carbons (Fsp3) is 0.103. The van der Waals surface area contributed by atoms with Crippen molar-refractivity contribution in [1.82, 2.24) is 9.97 Å². The summed E-state index contributed by atoms with van der Waals surface area (Å²) in [6, 6.07) is 20.2. The van der Waals surface area contributed by atoms with Gasteiger partial charge in [-0.1, -0.05) is 24.3 Å². The number of carbonyl (C=O) groups is 2. The molecular formula is C29H26N4O5. The predicted octanol–water partition coefficient (Wildman–Crippen LogP) is 5.80. The van der Waals surface area contributed by atoms with Gasteiger partial charge in [0.05, 0.1) is 24.8 Å². The van der Waals surface area contributed by atoms with Crippen molar-refractivity contribution < 1.29 is 24.2 Å². The molecule has 38 heavy (non-hydrogen) atoms. The Labute approximate surface area is 219 Å². The summed E-state index contributed by atoms with van der Waals surface area (Å²) >= 11 is 0. The number of methoxy groups -OCH3 is 1. The van der Waals surface area contributed by atoms with E-state index < -0.39 is 11.9 Å². The summed E-state index contributed by atoms with van der Waals surface area (Å²) in [5.74, 6) is 0.270. The highest BCUT2D eigenvalue weighted by Crippen LogP contribution is 2.29. The average Bonchev–Trinajstić information content (AvgIpc) is 2.92. The Morgan fingerprint density at radius 3 is 1.89 bits per heavy atom. The second kappa shape index (κ2) is 12.2. The number of esters is 1. The van der Waals surface area contributed by atoms with Crippen LogP contribution in [0.5, 0.6) is 5.75 Å². The van der Waals surface area contributed by atoms with Crippen LogP contribution >= 0.6 is 0 Å². The van der Waals surface area contributed by atoms with E-state index in [0.29, 0.717) is 35.0 Å². The molecule has 4 rings (SSSR count). The summed E-state index contributed by atoms with van der Waals surface area (Å²) in [5, 5.41) is 15.4. The molecule has 0 spiro atoms. The van der Waals surface area contributed by atoms with Crippen LogP contribution < -0.4 is 15.4 Å². The van der Waals surface area contributed by atoms with Crippen molar-refractivity contribution in [2.75, 3.05) is 24.4 Å². The fourth-order valence-electron chi connectivity index (χ4n) is 3.49. The number of hydrogen-bond donors (Lipinski definition) is 3. The zero-order valence-corrected chi connectivity index (χ0v) is 20.8. The van der Waals surface area contributed by atoms with Gasteiger partial charge in [-0.3, -0.25) is 0 Å². The maximum atomic E-state index is 11.6. The number of carboxylic acids is 1. The summed E-state index contributed by atoms with van der Waals surface area (Å²) in [5.41, 5.74) is 4.45. The molecule has 0 aliphatic carbocycles. The molecule has 0 radical (unpaired) electrons. The molecule has 0 saturated carbocycles. The van der Waals surface area contributed by atoms with Crippen LogP contribution in [0.25, 0.3) is 23.2 Å². The van der Waals surface area contributed by atoms with Gasteiger partial charge in [0.1, 0.15) is 5.75 Å². The van der Waals surface area contributed by atoms with E-state index in [1.807, 2.05) is 54.6 Å². The highest BCUT2D eigenvalue weighted by atomic mass is 16.5. The molecule has 3 aromatic carbocycles. The summed E-state index contributed by atoms with van der Waals surface area (Å²) < 4.78 is 10.2. The van der Waals surface area contributed by atoms with Crippen LogP contribution in [-0.2, 0) is 14.3 Å². The molecule has 0 aliphatic rings. The van der Waals surface area contributed by atoms with Crippen molar-refractivity contribution in [2.24, 2.45) is 0 Å². The lowest BCUT2D eigenvalue weighted by Gasteiger charge is -2.14. The van der Waals surface area contributed by atoms with Crippen LogP contribution in [0.1, 0.15) is 18.1 Å². The van der Waals surface area contributed by atoms with Crippen LogP contribution in [-0.4, -0.2) is 40.7 Å². The van der Waals surface area contributed by atoms with Crippen LogP contribution in [0.3, 0.4) is 0 Å². The molecule has 0 aliphatic heterocycles. The van der Waals surface area contributed by atoms with Gasteiger partial charge < -0.3 is 25.2 Å². The second-order valence-electron chi connectivity index (χ2n) is 8.03. The molecule has 0 fully saturated rings. The summed E-state index contributed by atoms with van der Waals surface area (Å²) in [4.78, 5) is 31.9. The van der Waals surface area contributed by atoms with Crippen LogP contribution in [0.4, 0.5) is 23.0 Å². The molecule has 0 bridgehead atoms. The molecule has 0 saturated heterocycles. The summed E-state index contributed by atoms with van der Waals surface area (Å²) in [6.07, 6.45) is 5.68. The first-order valence-corrected chi connectivity index (χ1v) is 11.8. The number of aliphatic carboxylic acids is 1. The van der Waals surface area contributed by atoms with Gasteiger partial charge in [-0.25, -0.2) is 19.6 Å². The first kappa shape index (κ1) is 25.9. The number of aromatic nitrogens is 2. The quantitative estimate of drug-likeness (QED) is 0.179. The Hall–Kier alpha value is -5.18. The minimum Gasteiger partial charge on any atom is -0.497 e. The maximum absolute atomic E-state index is 11.6. The first-order valence-electron chi connectivity index (χ1n) is 11.8. The lowest BCUT2D eigenvalue weighted by atomic mass is 10.2. The van der Waals surface area contributed by atoms with Crippen LogP contribution in [0, 0.1) is 0 Å². The Balaban J connectivity index is 1.61. The van der Waals surface area contributed by atoms with E-state index in [1.54, 1.807) is 32.2 Å². The number of carbonyl (C=O) groups excluding carboxylic acids is 1. The van der Waals surface area contributed by atoms with Gasteiger partial charge >= 0.3 is 11.9 Å². The molecule has 9 heteroatoms. The Bertz CT molecular complexity index is 1500. The van der Waals surface area contributed by atoms with Gasteiger partial charge in [0.15, 0.2) is 11.6 Å². The van der Waals surface area contributed by atoms with E-state index in [-0.39, 0.29) is 0 Å². The molecule has 4 aromatic rings. The van der Waals surface area contributed by atoms with E-state index in [9.17, 15) is 9.59 Å². The highest BCUT2D eigenvalue weighted by Gasteiger charge is 2.11.